The Morgan fingerprint density at radius 3 is 2.73 bits per heavy atom. The molecule has 0 heterocycles. The summed E-state index contributed by atoms with van der Waals surface area (Å²) in [7, 11) is 0. The summed E-state index contributed by atoms with van der Waals surface area (Å²) in [4.78, 5) is 21.4. The molecule has 0 aliphatic carbocycles. The predicted octanol–water partition coefficient (Wildman–Crippen LogP) is 1.75. The van der Waals surface area contributed by atoms with E-state index in [1.165, 1.54) is 0 Å². The van der Waals surface area contributed by atoms with E-state index in [0.29, 0.717) is 5.75 Å². The largest absolute Gasteiger partial charge is 0.412 e. The summed E-state index contributed by atoms with van der Waals surface area (Å²) in [6.07, 6.45) is 0.493. The van der Waals surface area contributed by atoms with E-state index in [0.717, 1.165) is 6.29 Å². The number of carbonyl (C=O) groups is 2. The lowest BCUT2D eigenvalue weighted by molar-refractivity contribution is -0.108. The van der Waals surface area contributed by atoms with Gasteiger partial charge in [-0.25, -0.2) is 4.79 Å². The van der Waals surface area contributed by atoms with E-state index in [1.807, 2.05) is 6.07 Å². The highest BCUT2D eigenvalue weighted by Crippen LogP contribution is 2.08. The van der Waals surface area contributed by atoms with E-state index < -0.39 is 6.09 Å². The molecule has 0 saturated carbocycles. The van der Waals surface area contributed by atoms with Crippen LogP contribution in [0.2, 0.25) is 0 Å². The molecule has 0 bridgehead atoms. The Bertz CT molecular complexity index is 324. The highest BCUT2D eigenvalue weighted by atomic mass is 16.6. The van der Waals surface area contributed by atoms with Crippen LogP contribution < -0.4 is 10.1 Å². The van der Waals surface area contributed by atoms with Gasteiger partial charge in [0.05, 0.1) is 0 Å². The zero-order valence-corrected chi connectivity index (χ0v) is 8.47. The van der Waals surface area contributed by atoms with Crippen LogP contribution in [-0.4, -0.2) is 18.4 Å². The van der Waals surface area contributed by atoms with Gasteiger partial charge in [-0.1, -0.05) is 18.2 Å². The lowest BCUT2D eigenvalue weighted by Gasteiger charge is -2.10. The lowest BCUT2D eigenvalue weighted by Crippen LogP contribution is -2.34. The van der Waals surface area contributed by atoms with Crippen molar-refractivity contribution in [3.8, 4) is 5.75 Å². The van der Waals surface area contributed by atoms with Crippen LogP contribution in [-0.2, 0) is 4.79 Å². The normalized spacial score (nSPS) is 11.5. The van der Waals surface area contributed by atoms with Crippen LogP contribution in [0.25, 0.3) is 0 Å². The van der Waals surface area contributed by atoms with E-state index in [1.54, 1.807) is 31.2 Å². The minimum atomic E-state index is -0.546. The molecule has 0 radical (unpaired) electrons. The molecule has 80 valence electrons. The average Bonchev–Trinajstić information content (AvgIpc) is 2.19. The Morgan fingerprint density at radius 1 is 1.47 bits per heavy atom. The molecule has 1 aromatic carbocycles. The molecule has 0 aliphatic heterocycles. The van der Waals surface area contributed by atoms with Crippen LogP contribution in [0.5, 0.6) is 5.75 Å². The molecular weight excluding hydrogens is 194 g/mol. The maximum absolute atomic E-state index is 11.2. The van der Waals surface area contributed by atoms with Crippen molar-refractivity contribution < 1.29 is 14.3 Å². The molecule has 15 heavy (non-hydrogen) atoms. The van der Waals surface area contributed by atoms with Crippen LogP contribution in [0.3, 0.4) is 0 Å². The van der Waals surface area contributed by atoms with Crippen molar-refractivity contribution in [3.05, 3.63) is 30.3 Å². The number of benzene rings is 1. The number of carbonyl (C=O) groups excluding carboxylic acids is 2. The molecule has 0 fully saturated rings. The zero-order chi connectivity index (χ0) is 11.1. The van der Waals surface area contributed by atoms with Gasteiger partial charge in [-0.15, -0.1) is 0 Å². The molecule has 0 aromatic heterocycles. The van der Waals surface area contributed by atoms with Gasteiger partial charge in [0.1, 0.15) is 12.0 Å². The first-order valence-electron chi connectivity index (χ1n) is 4.69. The van der Waals surface area contributed by atoms with Crippen molar-refractivity contribution in [2.24, 2.45) is 0 Å². The number of hydrogen-bond donors (Lipinski definition) is 1. The summed E-state index contributed by atoms with van der Waals surface area (Å²) in [5, 5.41) is 2.54. The van der Waals surface area contributed by atoms with Crippen molar-refractivity contribution in [3.63, 3.8) is 0 Å². The maximum atomic E-state index is 11.2. The van der Waals surface area contributed by atoms with Gasteiger partial charge in [-0.3, -0.25) is 0 Å². The molecule has 1 aromatic rings. The summed E-state index contributed by atoms with van der Waals surface area (Å²) in [6, 6.07) is 8.54. The second-order valence-electron chi connectivity index (χ2n) is 3.15. The van der Waals surface area contributed by atoms with Gasteiger partial charge in [0.25, 0.3) is 0 Å². The highest BCUT2D eigenvalue weighted by Gasteiger charge is 2.07. The Balaban J connectivity index is 2.39. The Labute approximate surface area is 88.2 Å². The molecular formula is C11H13NO3. The van der Waals surface area contributed by atoms with Crippen molar-refractivity contribution in [2.75, 3.05) is 0 Å². The van der Waals surface area contributed by atoms with E-state index in [9.17, 15) is 9.59 Å². The van der Waals surface area contributed by atoms with Crippen molar-refractivity contribution in [1.82, 2.24) is 5.32 Å². The molecule has 1 rings (SSSR count). The fourth-order valence-corrected chi connectivity index (χ4v) is 1.03. The molecule has 0 unspecified atom stereocenters. The third-order valence-corrected chi connectivity index (χ3v) is 1.77. The van der Waals surface area contributed by atoms with Crippen LogP contribution >= 0.6 is 0 Å². The second-order valence-corrected chi connectivity index (χ2v) is 3.15. The fraction of sp³-hybridized carbons (Fsp3) is 0.273. The van der Waals surface area contributed by atoms with Gasteiger partial charge in [-0.2, -0.15) is 0 Å². The Morgan fingerprint density at radius 2 is 2.13 bits per heavy atom. The summed E-state index contributed by atoms with van der Waals surface area (Å²) < 4.78 is 4.97. The smallest absolute Gasteiger partial charge is 0.410 e. The second kappa shape index (κ2) is 5.80. The lowest BCUT2D eigenvalue weighted by atomic mass is 10.3. The summed E-state index contributed by atoms with van der Waals surface area (Å²) in [5.41, 5.74) is 0. The molecule has 0 spiro atoms. The van der Waals surface area contributed by atoms with Gasteiger partial charge < -0.3 is 14.8 Å². The first-order chi connectivity index (χ1) is 7.22. The number of ether oxygens (including phenoxy) is 1. The van der Waals surface area contributed by atoms with Gasteiger partial charge in [0, 0.05) is 12.5 Å². The number of aldehydes is 1. The zero-order valence-electron chi connectivity index (χ0n) is 8.47. The van der Waals surface area contributed by atoms with Crippen LogP contribution in [0.4, 0.5) is 4.79 Å². The molecule has 0 aliphatic rings. The van der Waals surface area contributed by atoms with E-state index in [2.05, 4.69) is 5.32 Å². The van der Waals surface area contributed by atoms with E-state index in [4.69, 9.17) is 4.74 Å². The van der Waals surface area contributed by atoms with Gasteiger partial charge in [-0.05, 0) is 19.1 Å². The monoisotopic (exact) mass is 207 g/mol. The molecule has 4 heteroatoms. The van der Waals surface area contributed by atoms with Crippen molar-refractivity contribution in [1.29, 1.82) is 0 Å². The molecule has 0 saturated heterocycles. The van der Waals surface area contributed by atoms with E-state index >= 15 is 0 Å². The first-order valence-corrected chi connectivity index (χ1v) is 4.69. The van der Waals surface area contributed by atoms with E-state index in [-0.39, 0.29) is 12.5 Å². The summed E-state index contributed by atoms with van der Waals surface area (Å²) in [6.45, 7) is 1.74. The molecule has 1 atom stereocenters. The van der Waals surface area contributed by atoms with Crippen LogP contribution in [0, 0.1) is 0 Å². The minimum Gasteiger partial charge on any atom is -0.410 e. The van der Waals surface area contributed by atoms with Crippen LogP contribution in [0.15, 0.2) is 30.3 Å². The van der Waals surface area contributed by atoms with Crippen molar-refractivity contribution in [2.45, 2.75) is 19.4 Å². The van der Waals surface area contributed by atoms with Crippen molar-refractivity contribution >= 4 is 12.4 Å². The third kappa shape index (κ3) is 4.26. The SMILES string of the molecule is C[C@H](CC=O)NC(=O)Oc1ccccc1. The molecule has 1 amide bonds. The molecule has 4 nitrogen and oxygen atoms in total. The maximum Gasteiger partial charge on any atom is 0.412 e. The molecule has 1 N–H and O–H groups in total. The number of hydrogen-bond acceptors (Lipinski definition) is 3. The van der Waals surface area contributed by atoms with Crippen LogP contribution in [0.1, 0.15) is 13.3 Å². The van der Waals surface area contributed by atoms with Gasteiger partial charge >= 0.3 is 6.09 Å². The third-order valence-electron chi connectivity index (χ3n) is 1.77. The Kier molecular flexibility index (Phi) is 4.34. The summed E-state index contributed by atoms with van der Waals surface area (Å²) in [5.74, 6) is 0.480. The quantitative estimate of drug-likeness (QED) is 0.765. The predicted molar refractivity (Wildman–Crippen MR) is 55.7 cm³/mol. The standard InChI is InChI=1S/C11H13NO3/c1-9(7-8-13)12-11(14)15-10-5-3-2-4-6-10/h2-6,8-9H,7H2,1H3,(H,12,14)/t9-/m1/s1. The van der Waals surface area contributed by atoms with Gasteiger partial charge in [0.2, 0.25) is 0 Å². The first kappa shape index (κ1) is 11.2. The summed E-state index contributed by atoms with van der Waals surface area (Å²) >= 11 is 0. The average molecular weight is 207 g/mol. The number of amides is 1. The fourth-order valence-electron chi connectivity index (χ4n) is 1.03. The van der Waals surface area contributed by atoms with Gasteiger partial charge in [0.15, 0.2) is 0 Å². The Hall–Kier alpha value is -1.84. The number of nitrogens with one attached hydrogen (secondary N) is 1. The highest BCUT2D eigenvalue weighted by molar-refractivity contribution is 5.71. The number of para-hydroxylation sites is 1. The topological polar surface area (TPSA) is 55.4 Å². The number of rotatable bonds is 4. The minimum absolute atomic E-state index is 0.210.